The molecule has 5 nitrogen and oxygen atoms in total. The molecule has 0 unspecified atom stereocenters. The Balaban J connectivity index is 2.08. The summed E-state index contributed by atoms with van der Waals surface area (Å²) < 4.78 is 41.1. The van der Waals surface area contributed by atoms with Gasteiger partial charge in [-0.05, 0) is 44.4 Å². The summed E-state index contributed by atoms with van der Waals surface area (Å²) in [5, 5.41) is 0. The van der Waals surface area contributed by atoms with E-state index >= 15 is 0 Å². The van der Waals surface area contributed by atoms with Gasteiger partial charge in [-0.15, -0.1) is 0 Å². The molecular formula is C20H25F3N4O. The Hall–Kier alpha value is -2.35. The number of aryl methyl sites for hydroxylation is 1. The van der Waals surface area contributed by atoms with Gasteiger partial charge in [-0.1, -0.05) is 19.9 Å². The van der Waals surface area contributed by atoms with Crippen molar-refractivity contribution in [3.63, 3.8) is 0 Å². The van der Waals surface area contributed by atoms with E-state index in [1.54, 1.807) is 29.4 Å². The van der Waals surface area contributed by atoms with E-state index in [1.165, 1.54) is 6.07 Å². The molecule has 0 aliphatic carbocycles. The minimum Gasteiger partial charge on any atom is -0.298 e. The standard InChI is InChI=1S/C20H25F3N4O/c1-13(2)8-9-25-11-26(17-7-5-6-16(10-17)20(21,22)23)19-24-15(4)14(3)18(28)27(19)12-25/h5-7,10,13H,8-9,11-12H2,1-4H3. The summed E-state index contributed by atoms with van der Waals surface area (Å²) in [5.74, 6) is 0.867. The molecule has 0 amide bonds. The lowest BCUT2D eigenvalue weighted by Crippen LogP contribution is -2.48. The summed E-state index contributed by atoms with van der Waals surface area (Å²) in [4.78, 5) is 21.1. The molecule has 1 aliphatic heterocycles. The normalized spacial score (nSPS) is 15.2. The van der Waals surface area contributed by atoms with Gasteiger partial charge in [-0.3, -0.25) is 19.2 Å². The minimum absolute atomic E-state index is 0.159. The van der Waals surface area contributed by atoms with Gasteiger partial charge in [-0.2, -0.15) is 13.2 Å². The van der Waals surface area contributed by atoms with E-state index in [1.807, 2.05) is 0 Å². The highest BCUT2D eigenvalue weighted by Crippen LogP contribution is 2.34. The first-order chi connectivity index (χ1) is 13.1. The van der Waals surface area contributed by atoms with Crippen molar-refractivity contribution in [2.75, 3.05) is 18.1 Å². The maximum atomic E-state index is 13.2. The van der Waals surface area contributed by atoms with Gasteiger partial charge in [0.05, 0.1) is 18.9 Å². The molecule has 2 heterocycles. The molecule has 0 N–H and O–H groups in total. The summed E-state index contributed by atoms with van der Waals surface area (Å²) in [7, 11) is 0. The Morgan fingerprint density at radius 2 is 1.89 bits per heavy atom. The van der Waals surface area contributed by atoms with Crippen molar-refractivity contribution in [2.24, 2.45) is 5.92 Å². The predicted molar refractivity (Wildman–Crippen MR) is 103 cm³/mol. The highest BCUT2D eigenvalue weighted by molar-refractivity contribution is 5.59. The second-order valence-electron chi connectivity index (χ2n) is 7.69. The molecule has 1 aromatic carbocycles. The fraction of sp³-hybridized carbons (Fsp3) is 0.500. The van der Waals surface area contributed by atoms with Crippen LogP contribution < -0.4 is 10.5 Å². The molecule has 0 bridgehead atoms. The van der Waals surface area contributed by atoms with Gasteiger partial charge in [-0.25, -0.2) is 4.98 Å². The van der Waals surface area contributed by atoms with Gasteiger partial charge in [0.2, 0.25) is 5.95 Å². The van der Waals surface area contributed by atoms with Crippen LogP contribution in [0.3, 0.4) is 0 Å². The quantitative estimate of drug-likeness (QED) is 0.776. The van der Waals surface area contributed by atoms with E-state index in [-0.39, 0.29) is 5.56 Å². The number of hydrogen-bond acceptors (Lipinski definition) is 4. The van der Waals surface area contributed by atoms with Crippen LogP contribution in [0.25, 0.3) is 0 Å². The number of alkyl halides is 3. The molecule has 1 aromatic heterocycles. The Morgan fingerprint density at radius 1 is 1.18 bits per heavy atom. The van der Waals surface area contributed by atoms with Crippen LogP contribution in [0.15, 0.2) is 29.1 Å². The van der Waals surface area contributed by atoms with Crippen LogP contribution in [-0.2, 0) is 12.8 Å². The number of hydrogen-bond donors (Lipinski definition) is 0. The summed E-state index contributed by atoms with van der Waals surface area (Å²) in [5.41, 5.74) is 0.631. The van der Waals surface area contributed by atoms with Crippen molar-refractivity contribution in [3.8, 4) is 0 Å². The molecule has 28 heavy (non-hydrogen) atoms. The molecule has 8 heteroatoms. The third kappa shape index (κ3) is 4.06. The van der Waals surface area contributed by atoms with E-state index < -0.39 is 11.7 Å². The number of fused-ring (bicyclic) bond motifs is 1. The van der Waals surface area contributed by atoms with Crippen molar-refractivity contribution >= 4 is 11.6 Å². The largest absolute Gasteiger partial charge is 0.416 e. The summed E-state index contributed by atoms with van der Waals surface area (Å²) in [6.07, 6.45) is -3.50. The number of rotatable bonds is 4. The molecule has 0 atom stereocenters. The Labute approximate surface area is 162 Å². The number of aromatic nitrogens is 2. The Bertz CT molecular complexity index is 921. The fourth-order valence-electron chi connectivity index (χ4n) is 3.21. The first-order valence-corrected chi connectivity index (χ1v) is 9.33. The van der Waals surface area contributed by atoms with Gasteiger partial charge in [0.15, 0.2) is 0 Å². The average molecular weight is 394 g/mol. The average Bonchev–Trinajstić information content (AvgIpc) is 2.64. The monoisotopic (exact) mass is 394 g/mol. The smallest absolute Gasteiger partial charge is 0.298 e. The molecular weight excluding hydrogens is 369 g/mol. The fourth-order valence-corrected chi connectivity index (χ4v) is 3.21. The highest BCUT2D eigenvalue weighted by atomic mass is 19.4. The molecule has 0 saturated carbocycles. The SMILES string of the molecule is Cc1nc2n(c(=O)c1C)CN(CCC(C)C)CN2c1cccc(C(F)(F)F)c1. The second-order valence-corrected chi connectivity index (χ2v) is 7.69. The molecule has 0 spiro atoms. The molecule has 0 fully saturated rings. The van der Waals surface area contributed by atoms with E-state index in [2.05, 4.69) is 23.7 Å². The number of nitrogens with zero attached hydrogens (tertiary/aromatic N) is 4. The lowest BCUT2D eigenvalue weighted by atomic mass is 10.1. The number of benzene rings is 1. The zero-order valence-corrected chi connectivity index (χ0v) is 16.5. The van der Waals surface area contributed by atoms with Crippen molar-refractivity contribution in [1.29, 1.82) is 0 Å². The van der Waals surface area contributed by atoms with Crippen LogP contribution in [0.4, 0.5) is 24.8 Å². The van der Waals surface area contributed by atoms with E-state index in [0.717, 1.165) is 25.1 Å². The molecule has 3 rings (SSSR count). The molecule has 0 radical (unpaired) electrons. The van der Waals surface area contributed by atoms with Crippen molar-refractivity contribution in [1.82, 2.24) is 14.5 Å². The van der Waals surface area contributed by atoms with Gasteiger partial charge in [0, 0.05) is 23.5 Å². The van der Waals surface area contributed by atoms with Crippen LogP contribution in [0.1, 0.15) is 37.1 Å². The molecule has 152 valence electrons. The first kappa shape index (κ1) is 20.4. The van der Waals surface area contributed by atoms with Crippen LogP contribution >= 0.6 is 0 Å². The van der Waals surface area contributed by atoms with Crippen LogP contribution in [-0.4, -0.2) is 27.7 Å². The summed E-state index contributed by atoms with van der Waals surface area (Å²) in [6, 6.07) is 5.16. The van der Waals surface area contributed by atoms with Gasteiger partial charge < -0.3 is 0 Å². The zero-order chi connectivity index (χ0) is 20.6. The van der Waals surface area contributed by atoms with E-state index in [9.17, 15) is 18.0 Å². The van der Waals surface area contributed by atoms with Gasteiger partial charge in [0.1, 0.15) is 0 Å². The summed E-state index contributed by atoms with van der Waals surface area (Å²) >= 11 is 0. The first-order valence-electron chi connectivity index (χ1n) is 9.33. The zero-order valence-electron chi connectivity index (χ0n) is 16.5. The molecule has 1 aliphatic rings. The maximum Gasteiger partial charge on any atom is 0.416 e. The van der Waals surface area contributed by atoms with Crippen LogP contribution in [0, 0.1) is 19.8 Å². The topological polar surface area (TPSA) is 41.4 Å². The molecule has 2 aromatic rings. The van der Waals surface area contributed by atoms with Crippen LogP contribution in [0.5, 0.6) is 0 Å². The van der Waals surface area contributed by atoms with E-state index in [0.29, 0.717) is 42.1 Å². The maximum absolute atomic E-state index is 13.2. The third-order valence-electron chi connectivity index (χ3n) is 5.05. The lowest BCUT2D eigenvalue weighted by Gasteiger charge is -2.38. The number of halogens is 3. The van der Waals surface area contributed by atoms with E-state index in [4.69, 9.17) is 0 Å². The van der Waals surface area contributed by atoms with Crippen molar-refractivity contribution in [3.05, 3.63) is 51.4 Å². The predicted octanol–water partition coefficient (Wildman–Crippen LogP) is 4.29. The van der Waals surface area contributed by atoms with Gasteiger partial charge >= 0.3 is 6.18 Å². The third-order valence-corrected chi connectivity index (χ3v) is 5.05. The molecule has 0 saturated heterocycles. The van der Waals surface area contributed by atoms with Gasteiger partial charge in [0.25, 0.3) is 5.56 Å². The van der Waals surface area contributed by atoms with Crippen LogP contribution in [0.2, 0.25) is 0 Å². The Morgan fingerprint density at radius 3 is 2.54 bits per heavy atom. The minimum atomic E-state index is -4.43. The summed E-state index contributed by atoms with van der Waals surface area (Å²) in [6.45, 7) is 9.19. The van der Waals surface area contributed by atoms with Crippen molar-refractivity contribution < 1.29 is 13.2 Å². The highest BCUT2D eigenvalue weighted by Gasteiger charge is 2.32. The van der Waals surface area contributed by atoms with Crippen molar-refractivity contribution in [2.45, 2.75) is 47.0 Å². The Kier molecular flexibility index (Phi) is 5.52. The second kappa shape index (κ2) is 7.58. The lowest BCUT2D eigenvalue weighted by molar-refractivity contribution is -0.137. The number of anilines is 2.